The van der Waals surface area contributed by atoms with Gasteiger partial charge in [0.15, 0.2) is 0 Å². The zero-order valence-electron chi connectivity index (χ0n) is 12.2. The van der Waals surface area contributed by atoms with E-state index in [0.717, 1.165) is 37.1 Å². The van der Waals surface area contributed by atoms with Gasteiger partial charge in [0, 0.05) is 23.5 Å². The van der Waals surface area contributed by atoms with Crippen LogP contribution in [0.3, 0.4) is 0 Å². The Morgan fingerprint density at radius 3 is 3.05 bits per heavy atom. The van der Waals surface area contributed by atoms with Gasteiger partial charge in [-0.05, 0) is 36.8 Å². The van der Waals surface area contributed by atoms with E-state index in [9.17, 15) is 9.18 Å². The Bertz CT molecular complexity index is 521. The molecular formula is C17H22FNOS. The molecule has 1 aromatic rings. The van der Waals surface area contributed by atoms with Gasteiger partial charge in [0.05, 0.1) is 0 Å². The van der Waals surface area contributed by atoms with Crippen molar-refractivity contribution in [1.29, 1.82) is 0 Å². The van der Waals surface area contributed by atoms with Crippen LogP contribution < -0.4 is 5.32 Å². The smallest absolute Gasteiger partial charge is 0.221 e. The molecule has 21 heavy (non-hydrogen) atoms. The summed E-state index contributed by atoms with van der Waals surface area (Å²) in [4.78, 5) is 12.0. The van der Waals surface area contributed by atoms with Crippen molar-refractivity contribution in [1.82, 2.24) is 5.32 Å². The van der Waals surface area contributed by atoms with Crippen LogP contribution in [0.15, 0.2) is 24.3 Å². The van der Waals surface area contributed by atoms with Gasteiger partial charge < -0.3 is 5.32 Å². The molecule has 0 aromatic heterocycles. The molecule has 2 fully saturated rings. The number of halogens is 1. The standard InChI is InChI=1S/C17H22FNOS/c18-15-7-2-1-5-13(15)11-14-6-3-4-8-17(14)12-16(20)19-9-10-21-17/h1-2,5,7,14H,3-4,6,8-12H2,(H,19,20). The lowest BCUT2D eigenvalue weighted by Gasteiger charge is -2.43. The number of hydrogen-bond donors (Lipinski definition) is 1. The van der Waals surface area contributed by atoms with Crippen molar-refractivity contribution in [2.75, 3.05) is 12.3 Å². The van der Waals surface area contributed by atoms with Crippen LogP contribution >= 0.6 is 11.8 Å². The summed E-state index contributed by atoms with van der Waals surface area (Å²) in [5.74, 6) is 1.43. The molecule has 1 aliphatic heterocycles. The molecule has 2 nitrogen and oxygen atoms in total. The average Bonchev–Trinajstić information content (AvgIpc) is 2.66. The maximum absolute atomic E-state index is 14.0. The fourth-order valence-electron chi connectivity index (χ4n) is 3.75. The first-order chi connectivity index (χ1) is 10.2. The highest BCUT2D eigenvalue weighted by molar-refractivity contribution is 8.00. The molecule has 1 saturated carbocycles. The number of carbonyl (C=O) groups is 1. The number of nitrogens with one attached hydrogen (secondary N) is 1. The van der Waals surface area contributed by atoms with E-state index in [4.69, 9.17) is 0 Å². The molecule has 0 bridgehead atoms. The van der Waals surface area contributed by atoms with Crippen LogP contribution in [0, 0.1) is 11.7 Å². The summed E-state index contributed by atoms with van der Waals surface area (Å²) in [6, 6.07) is 7.07. The van der Waals surface area contributed by atoms with Crippen LogP contribution in [0.25, 0.3) is 0 Å². The average molecular weight is 307 g/mol. The van der Waals surface area contributed by atoms with Crippen LogP contribution in [-0.2, 0) is 11.2 Å². The van der Waals surface area contributed by atoms with E-state index in [1.807, 2.05) is 23.9 Å². The third-order valence-electron chi connectivity index (χ3n) is 4.84. The van der Waals surface area contributed by atoms with Gasteiger partial charge in [0.2, 0.25) is 5.91 Å². The first-order valence-corrected chi connectivity index (χ1v) is 8.82. The lowest BCUT2D eigenvalue weighted by atomic mass is 9.73. The number of rotatable bonds is 2. The Morgan fingerprint density at radius 1 is 1.33 bits per heavy atom. The number of thioether (sulfide) groups is 1. The van der Waals surface area contributed by atoms with Crippen molar-refractivity contribution in [3.05, 3.63) is 35.6 Å². The van der Waals surface area contributed by atoms with Gasteiger partial charge in [-0.2, -0.15) is 11.8 Å². The molecule has 1 N–H and O–H groups in total. The summed E-state index contributed by atoms with van der Waals surface area (Å²) in [7, 11) is 0. The third kappa shape index (κ3) is 3.25. The van der Waals surface area contributed by atoms with Crippen molar-refractivity contribution in [2.45, 2.75) is 43.3 Å². The van der Waals surface area contributed by atoms with E-state index < -0.39 is 0 Å². The normalized spacial score (nSPS) is 30.0. The molecule has 1 aromatic carbocycles. The lowest BCUT2D eigenvalue weighted by molar-refractivity contribution is -0.121. The Kier molecular flexibility index (Phi) is 4.53. The second kappa shape index (κ2) is 6.39. The topological polar surface area (TPSA) is 29.1 Å². The Balaban J connectivity index is 1.84. The summed E-state index contributed by atoms with van der Waals surface area (Å²) in [5.41, 5.74) is 0.800. The van der Waals surface area contributed by atoms with E-state index >= 15 is 0 Å². The molecule has 2 aliphatic rings. The van der Waals surface area contributed by atoms with Gasteiger partial charge in [-0.15, -0.1) is 0 Å². The van der Waals surface area contributed by atoms with Crippen molar-refractivity contribution < 1.29 is 9.18 Å². The van der Waals surface area contributed by atoms with E-state index in [2.05, 4.69) is 5.32 Å². The van der Waals surface area contributed by atoms with Crippen molar-refractivity contribution in [3.8, 4) is 0 Å². The largest absolute Gasteiger partial charge is 0.355 e. The third-order valence-corrected chi connectivity index (χ3v) is 6.51. The fourth-order valence-corrected chi connectivity index (χ4v) is 5.32. The molecular weight excluding hydrogens is 285 g/mol. The minimum atomic E-state index is -0.110. The summed E-state index contributed by atoms with van der Waals surface area (Å²) >= 11 is 1.94. The monoisotopic (exact) mass is 307 g/mol. The molecule has 1 spiro atoms. The second-order valence-electron chi connectivity index (χ2n) is 6.18. The van der Waals surface area contributed by atoms with Gasteiger partial charge in [0.1, 0.15) is 5.82 Å². The Hall–Kier alpha value is -1.03. The summed E-state index contributed by atoms with van der Waals surface area (Å²) in [5, 5.41) is 2.98. The highest BCUT2D eigenvalue weighted by Gasteiger charge is 2.43. The quantitative estimate of drug-likeness (QED) is 0.905. The molecule has 1 aliphatic carbocycles. The SMILES string of the molecule is O=C1CC2(CCCCC2Cc2ccccc2F)SCCN1. The molecule has 2 atom stereocenters. The zero-order valence-corrected chi connectivity index (χ0v) is 13.1. The number of hydrogen-bond acceptors (Lipinski definition) is 2. The predicted molar refractivity (Wildman–Crippen MR) is 84.9 cm³/mol. The van der Waals surface area contributed by atoms with Crippen LogP contribution in [0.5, 0.6) is 0 Å². The highest BCUT2D eigenvalue weighted by atomic mass is 32.2. The maximum Gasteiger partial charge on any atom is 0.221 e. The second-order valence-corrected chi connectivity index (χ2v) is 7.69. The highest BCUT2D eigenvalue weighted by Crippen LogP contribution is 2.48. The molecule has 114 valence electrons. The lowest BCUT2D eigenvalue weighted by Crippen LogP contribution is -2.41. The molecule has 0 radical (unpaired) electrons. The first-order valence-electron chi connectivity index (χ1n) is 7.84. The van der Waals surface area contributed by atoms with Crippen LogP contribution in [0.2, 0.25) is 0 Å². The number of carbonyl (C=O) groups excluding carboxylic acids is 1. The molecule has 1 saturated heterocycles. The van der Waals surface area contributed by atoms with Gasteiger partial charge in [-0.25, -0.2) is 4.39 Å². The molecule has 1 heterocycles. The van der Waals surface area contributed by atoms with E-state index in [-0.39, 0.29) is 16.5 Å². The van der Waals surface area contributed by atoms with Crippen LogP contribution in [0.4, 0.5) is 4.39 Å². The van der Waals surface area contributed by atoms with E-state index in [0.29, 0.717) is 12.3 Å². The Labute approximate surface area is 129 Å². The first kappa shape index (κ1) is 14.9. The number of benzene rings is 1. The van der Waals surface area contributed by atoms with Gasteiger partial charge >= 0.3 is 0 Å². The van der Waals surface area contributed by atoms with Gasteiger partial charge in [0.25, 0.3) is 0 Å². The minimum absolute atomic E-state index is 0.0150. The number of amides is 1. The Morgan fingerprint density at radius 2 is 2.19 bits per heavy atom. The minimum Gasteiger partial charge on any atom is -0.355 e. The van der Waals surface area contributed by atoms with Crippen molar-refractivity contribution >= 4 is 17.7 Å². The zero-order chi connectivity index (χ0) is 14.7. The van der Waals surface area contributed by atoms with Gasteiger partial charge in [-0.3, -0.25) is 4.79 Å². The van der Waals surface area contributed by atoms with E-state index in [1.54, 1.807) is 6.07 Å². The predicted octanol–water partition coefficient (Wildman–Crippen LogP) is 3.55. The molecule has 3 rings (SSSR count). The fraction of sp³-hybridized carbons (Fsp3) is 0.588. The maximum atomic E-state index is 14.0. The van der Waals surface area contributed by atoms with E-state index in [1.165, 1.54) is 18.9 Å². The molecule has 4 heteroatoms. The van der Waals surface area contributed by atoms with Gasteiger partial charge in [-0.1, -0.05) is 31.0 Å². The summed E-state index contributed by atoms with van der Waals surface area (Å²) in [6.45, 7) is 0.762. The van der Waals surface area contributed by atoms with Crippen LogP contribution in [-0.4, -0.2) is 23.0 Å². The summed E-state index contributed by atoms with van der Waals surface area (Å²) in [6.07, 6.45) is 5.93. The molecule has 1 amide bonds. The van der Waals surface area contributed by atoms with Crippen molar-refractivity contribution in [3.63, 3.8) is 0 Å². The van der Waals surface area contributed by atoms with Crippen molar-refractivity contribution in [2.24, 2.45) is 5.92 Å². The molecule has 2 unspecified atom stereocenters. The van der Waals surface area contributed by atoms with Crippen LogP contribution in [0.1, 0.15) is 37.7 Å². The summed E-state index contributed by atoms with van der Waals surface area (Å²) < 4.78 is 14.0.